The SMILES string of the molecule is CCCCCCC[C@@H]1O[C@@H]1C(=O)O. The molecule has 1 heterocycles. The molecule has 0 aliphatic carbocycles. The van der Waals surface area contributed by atoms with Gasteiger partial charge in [0, 0.05) is 0 Å². The monoisotopic (exact) mass is 186 g/mol. The van der Waals surface area contributed by atoms with Gasteiger partial charge in [-0.1, -0.05) is 39.0 Å². The molecule has 1 N–H and O–H groups in total. The molecule has 3 nitrogen and oxygen atoms in total. The van der Waals surface area contributed by atoms with Crippen LogP contribution in [0.1, 0.15) is 45.4 Å². The molecule has 0 amide bonds. The first-order chi connectivity index (χ1) is 6.25. The van der Waals surface area contributed by atoms with E-state index >= 15 is 0 Å². The van der Waals surface area contributed by atoms with Crippen molar-refractivity contribution in [2.24, 2.45) is 0 Å². The molecule has 1 aliphatic heterocycles. The van der Waals surface area contributed by atoms with Crippen molar-refractivity contribution in [2.75, 3.05) is 0 Å². The average Bonchev–Trinajstić information content (AvgIpc) is 2.83. The lowest BCUT2D eigenvalue weighted by atomic mass is 10.1. The van der Waals surface area contributed by atoms with Gasteiger partial charge in [-0.2, -0.15) is 0 Å². The summed E-state index contributed by atoms with van der Waals surface area (Å²) in [7, 11) is 0. The molecule has 0 radical (unpaired) electrons. The van der Waals surface area contributed by atoms with Crippen molar-refractivity contribution < 1.29 is 14.6 Å². The Bertz CT molecular complexity index is 168. The van der Waals surface area contributed by atoms with Crippen LogP contribution in [0.5, 0.6) is 0 Å². The van der Waals surface area contributed by atoms with E-state index in [1.54, 1.807) is 0 Å². The van der Waals surface area contributed by atoms with Gasteiger partial charge < -0.3 is 9.84 Å². The van der Waals surface area contributed by atoms with Crippen molar-refractivity contribution in [3.8, 4) is 0 Å². The van der Waals surface area contributed by atoms with Crippen LogP contribution < -0.4 is 0 Å². The molecule has 1 rings (SSSR count). The topological polar surface area (TPSA) is 49.8 Å². The predicted molar refractivity (Wildman–Crippen MR) is 49.7 cm³/mol. The van der Waals surface area contributed by atoms with Gasteiger partial charge in [0.05, 0.1) is 6.10 Å². The average molecular weight is 186 g/mol. The quantitative estimate of drug-likeness (QED) is 0.490. The standard InChI is InChI=1S/C10H18O3/c1-2-3-4-5-6-7-8-9(13-8)10(11)12/h8-9H,2-7H2,1H3,(H,11,12)/t8-,9-/m0/s1. The molecule has 0 unspecified atom stereocenters. The third-order valence-electron chi connectivity index (χ3n) is 2.42. The van der Waals surface area contributed by atoms with Gasteiger partial charge in [-0.05, 0) is 6.42 Å². The zero-order valence-corrected chi connectivity index (χ0v) is 8.16. The number of hydrogen-bond acceptors (Lipinski definition) is 2. The van der Waals surface area contributed by atoms with Crippen LogP contribution in [0.4, 0.5) is 0 Å². The summed E-state index contributed by atoms with van der Waals surface area (Å²) in [6.07, 6.45) is 6.55. The van der Waals surface area contributed by atoms with Crippen molar-refractivity contribution in [3.05, 3.63) is 0 Å². The fourth-order valence-electron chi connectivity index (χ4n) is 1.53. The highest BCUT2D eigenvalue weighted by atomic mass is 16.6. The maximum Gasteiger partial charge on any atom is 0.335 e. The number of hydrogen-bond donors (Lipinski definition) is 1. The molecule has 0 bridgehead atoms. The van der Waals surface area contributed by atoms with Gasteiger partial charge in [-0.15, -0.1) is 0 Å². The number of carboxylic acid groups (broad SMARTS) is 1. The summed E-state index contributed by atoms with van der Waals surface area (Å²) in [6, 6.07) is 0. The smallest absolute Gasteiger partial charge is 0.335 e. The van der Waals surface area contributed by atoms with Crippen LogP contribution in [0.25, 0.3) is 0 Å². The lowest BCUT2D eigenvalue weighted by Crippen LogP contribution is -2.07. The molecule has 0 saturated carbocycles. The number of carboxylic acids is 1. The highest BCUT2D eigenvalue weighted by Crippen LogP contribution is 2.27. The van der Waals surface area contributed by atoms with Crippen LogP contribution in [-0.4, -0.2) is 23.3 Å². The Labute approximate surface area is 79.1 Å². The van der Waals surface area contributed by atoms with Gasteiger partial charge in [0.25, 0.3) is 0 Å². The summed E-state index contributed by atoms with van der Waals surface area (Å²) < 4.78 is 4.99. The maximum atomic E-state index is 10.4. The molecule has 0 spiro atoms. The Kier molecular flexibility index (Phi) is 4.22. The second kappa shape index (κ2) is 5.22. The summed E-state index contributed by atoms with van der Waals surface area (Å²) in [5.41, 5.74) is 0. The molecule has 0 aromatic rings. The minimum atomic E-state index is -0.807. The number of epoxide rings is 1. The lowest BCUT2D eigenvalue weighted by Gasteiger charge is -1.96. The van der Waals surface area contributed by atoms with Crippen molar-refractivity contribution in [3.63, 3.8) is 0 Å². The lowest BCUT2D eigenvalue weighted by molar-refractivity contribution is -0.138. The fraction of sp³-hybridized carbons (Fsp3) is 0.900. The van der Waals surface area contributed by atoms with Crippen LogP contribution in [-0.2, 0) is 9.53 Å². The number of carbonyl (C=O) groups is 1. The van der Waals surface area contributed by atoms with Crippen LogP contribution in [0, 0.1) is 0 Å². The largest absolute Gasteiger partial charge is 0.479 e. The van der Waals surface area contributed by atoms with E-state index < -0.39 is 12.1 Å². The molecule has 0 aromatic heterocycles. The van der Waals surface area contributed by atoms with Crippen LogP contribution >= 0.6 is 0 Å². The first-order valence-electron chi connectivity index (χ1n) is 5.14. The molecular weight excluding hydrogens is 168 g/mol. The molecule has 76 valence electrons. The van der Waals surface area contributed by atoms with E-state index in [4.69, 9.17) is 9.84 Å². The Morgan fingerprint density at radius 2 is 2.00 bits per heavy atom. The van der Waals surface area contributed by atoms with Crippen molar-refractivity contribution in [1.29, 1.82) is 0 Å². The minimum absolute atomic E-state index is 0.0131. The van der Waals surface area contributed by atoms with Gasteiger partial charge in [-0.3, -0.25) is 0 Å². The van der Waals surface area contributed by atoms with E-state index in [9.17, 15) is 4.79 Å². The molecule has 1 saturated heterocycles. The van der Waals surface area contributed by atoms with E-state index in [1.165, 1.54) is 25.7 Å². The van der Waals surface area contributed by atoms with Gasteiger partial charge in [0.2, 0.25) is 0 Å². The molecule has 1 fully saturated rings. The molecule has 1 aliphatic rings. The third kappa shape index (κ3) is 3.77. The Hall–Kier alpha value is -0.570. The first kappa shape index (κ1) is 10.5. The van der Waals surface area contributed by atoms with Gasteiger partial charge in [-0.25, -0.2) is 4.79 Å². The van der Waals surface area contributed by atoms with Gasteiger partial charge in [0.1, 0.15) is 0 Å². The number of ether oxygens (including phenoxy) is 1. The molecule has 13 heavy (non-hydrogen) atoms. The molecule has 0 aromatic carbocycles. The zero-order valence-electron chi connectivity index (χ0n) is 8.16. The second-order valence-electron chi connectivity index (χ2n) is 3.64. The van der Waals surface area contributed by atoms with E-state index in [1.807, 2.05) is 0 Å². The zero-order chi connectivity index (χ0) is 9.68. The van der Waals surface area contributed by atoms with Crippen molar-refractivity contribution >= 4 is 5.97 Å². The van der Waals surface area contributed by atoms with Crippen LogP contribution in [0.15, 0.2) is 0 Å². The molecule has 2 atom stereocenters. The summed E-state index contributed by atoms with van der Waals surface area (Å²) in [5.74, 6) is -0.807. The summed E-state index contributed by atoms with van der Waals surface area (Å²) in [6.45, 7) is 2.18. The van der Waals surface area contributed by atoms with Gasteiger partial charge in [0.15, 0.2) is 6.10 Å². The first-order valence-corrected chi connectivity index (χ1v) is 5.14. The van der Waals surface area contributed by atoms with E-state index in [2.05, 4.69) is 6.92 Å². The number of rotatable bonds is 7. The van der Waals surface area contributed by atoms with E-state index in [0.717, 1.165) is 12.8 Å². The summed E-state index contributed by atoms with van der Waals surface area (Å²) >= 11 is 0. The Morgan fingerprint density at radius 1 is 1.31 bits per heavy atom. The minimum Gasteiger partial charge on any atom is -0.479 e. The van der Waals surface area contributed by atoms with Crippen LogP contribution in [0.2, 0.25) is 0 Å². The Morgan fingerprint density at radius 3 is 2.54 bits per heavy atom. The summed E-state index contributed by atoms with van der Waals surface area (Å²) in [4.78, 5) is 10.4. The fourth-order valence-corrected chi connectivity index (χ4v) is 1.53. The van der Waals surface area contributed by atoms with Crippen molar-refractivity contribution in [2.45, 2.75) is 57.7 Å². The maximum absolute atomic E-state index is 10.4. The number of aliphatic carboxylic acids is 1. The highest BCUT2D eigenvalue weighted by molar-refractivity contribution is 5.75. The summed E-state index contributed by atoms with van der Waals surface area (Å²) in [5, 5.41) is 8.54. The van der Waals surface area contributed by atoms with Crippen LogP contribution in [0.3, 0.4) is 0 Å². The third-order valence-corrected chi connectivity index (χ3v) is 2.42. The highest BCUT2D eigenvalue weighted by Gasteiger charge is 2.44. The second-order valence-corrected chi connectivity index (χ2v) is 3.64. The molecular formula is C10H18O3. The van der Waals surface area contributed by atoms with E-state index in [0.29, 0.717) is 0 Å². The Balaban J connectivity index is 1.88. The predicted octanol–water partition coefficient (Wildman–Crippen LogP) is 2.20. The van der Waals surface area contributed by atoms with E-state index in [-0.39, 0.29) is 6.10 Å². The normalized spacial score (nSPS) is 25.9. The number of unbranched alkanes of at least 4 members (excludes halogenated alkanes) is 4. The van der Waals surface area contributed by atoms with Gasteiger partial charge >= 0.3 is 5.97 Å². The van der Waals surface area contributed by atoms with Crippen molar-refractivity contribution in [1.82, 2.24) is 0 Å². The molecule has 3 heteroatoms.